The number of aliphatic hydroxyl groups excluding tert-OH is 1. The summed E-state index contributed by atoms with van der Waals surface area (Å²) in [5, 5.41) is 15.6. The maximum Gasteiger partial charge on any atom is 0.119 e. The number of nitrogens with zero attached hydrogens (tertiary/aromatic N) is 1. The van der Waals surface area contributed by atoms with Crippen LogP contribution in [-0.2, 0) is 0 Å². The number of piperidine rings is 1. The summed E-state index contributed by atoms with van der Waals surface area (Å²) in [6, 6.07) is 13.2. The van der Waals surface area contributed by atoms with Crippen molar-refractivity contribution in [3.05, 3.63) is 42.0 Å². The Morgan fingerprint density at radius 3 is 2.64 bits per heavy atom. The Morgan fingerprint density at radius 2 is 1.88 bits per heavy atom. The summed E-state index contributed by atoms with van der Waals surface area (Å²) >= 11 is 0. The van der Waals surface area contributed by atoms with Crippen molar-refractivity contribution in [2.45, 2.75) is 38.3 Å². The SMILES string of the molecule is COc1ccc2cc(C(C)NCCCN3CCC(O)CC3)ccc2c1. The van der Waals surface area contributed by atoms with Crippen LogP contribution in [0.15, 0.2) is 36.4 Å². The van der Waals surface area contributed by atoms with Gasteiger partial charge in [0.05, 0.1) is 13.2 Å². The van der Waals surface area contributed by atoms with Crippen molar-refractivity contribution in [3.8, 4) is 5.75 Å². The molecular weight excluding hydrogens is 312 g/mol. The number of fused-ring (bicyclic) bond motifs is 1. The van der Waals surface area contributed by atoms with E-state index in [4.69, 9.17) is 4.74 Å². The van der Waals surface area contributed by atoms with Crippen LogP contribution in [0.4, 0.5) is 0 Å². The molecule has 0 radical (unpaired) electrons. The Kier molecular flexibility index (Phi) is 6.29. The number of likely N-dealkylation sites (tertiary alicyclic amines) is 1. The minimum absolute atomic E-state index is 0.0812. The van der Waals surface area contributed by atoms with E-state index in [1.807, 2.05) is 6.07 Å². The maximum absolute atomic E-state index is 9.56. The van der Waals surface area contributed by atoms with Crippen molar-refractivity contribution in [3.63, 3.8) is 0 Å². The molecule has 2 N–H and O–H groups in total. The Morgan fingerprint density at radius 1 is 1.16 bits per heavy atom. The first-order chi connectivity index (χ1) is 12.2. The molecule has 1 unspecified atom stereocenters. The molecule has 1 fully saturated rings. The molecule has 25 heavy (non-hydrogen) atoms. The standard InChI is InChI=1S/C21H30N2O2/c1-16(22-10-3-11-23-12-8-20(24)9-13-23)17-4-5-19-15-21(25-2)7-6-18(19)14-17/h4-7,14-16,20,22,24H,3,8-13H2,1-2H3. The molecule has 1 aliphatic rings. The van der Waals surface area contributed by atoms with E-state index in [-0.39, 0.29) is 6.10 Å². The molecule has 136 valence electrons. The molecule has 4 nitrogen and oxygen atoms in total. The molecule has 0 spiro atoms. The minimum Gasteiger partial charge on any atom is -0.497 e. The molecule has 3 rings (SSSR count). The number of rotatable bonds is 7. The van der Waals surface area contributed by atoms with E-state index in [0.29, 0.717) is 6.04 Å². The van der Waals surface area contributed by atoms with E-state index >= 15 is 0 Å². The number of methoxy groups -OCH3 is 1. The second kappa shape index (κ2) is 8.65. The highest BCUT2D eigenvalue weighted by molar-refractivity contribution is 5.84. The molecular formula is C21H30N2O2. The van der Waals surface area contributed by atoms with Crippen molar-refractivity contribution in [2.75, 3.05) is 33.3 Å². The van der Waals surface area contributed by atoms with Crippen LogP contribution in [0, 0.1) is 0 Å². The molecule has 1 aliphatic heterocycles. The smallest absolute Gasteiger partial charge is 0.119 e. The van der Waals surface area contributed by atoms with Crippen molar-refractivity contribution in [1.82, 2.24) is 10.2 Å². The summed E-state index contributed by atoms with van der Waals surface area (Å²) < 4.78 is 5.29. The van der Waals surface area contributed by atoms with Gasteiger partial charge in [0.25, 0.3) is 0 Å². The summed E-state index contributed by atoms with van der Waals surface area (Å²) in [6.07, 6.45) is 2.91. The number of aliphatic hydroxyl groups is 1. The third-order valence-corrected chi connectivity index (χ3v) is 5.23. The summed E-state index contributed by atoms with van der Waals surface area (Å²) in [6.45, 7) is 6.42. The van der Waals surface area contributed by atoms with E-state index in [0.717, 1.165) is 51.2 Å². The Hall–Kier alpha value is -1.62. The second-order valence-electron chi connectivity index (χ2n) is 7.07. The molecule has 2 aromatic carbocycles. The fourth-order valence-electron chi connectivity index (χ4n) is 3.52. The van der Waals surface area contributed by atoms with Gasteiger partial charge in [-0.2, -0.15) is 0 Å². The van der Waals surface area contributed by atoms with Crippen molar-refractivity contribution >= 4 is 10.8 Å². The fraction of sp³-hybridized carbons (Fsp3) is 0.524. The molecule has 0 aromatic heterocycles. The van der Waals surface area contributed by atoms with Crippen LogP contribution in [0.2, 0.25) is 0 Å². The van der Waals surface area contributed by atoms with E-state index < -0.39 is 0 Å². The van der Waals surface area contributed by atoms with Gasteiger partial charge in [-0.3, -0.25) is 0 Å². The number of hydrogen-bond acceptors (Lipinski definition) is 4. The van der Waals surface area contributed by atoms with Gasteiger partial charge in [-0.1, -0.05) is 18.2 Å². The lowest BCUT2D eigenvalue weighted by Gasteiger charge is -2.29. The Bertz CT molecular complexity index is 681. The summed E-state index contributed by atoms with van der Waals surface area (Å²) in [5.41, 5.74) is 1.32. The minimum atomic E-state index is -0.0812. The van der Waals surface area contributed by atoms with Gasteiger partial charge in [0.15, 0.2) is 0 Å². The monoisotopic (exact) mass is 342 g/mol. The molecule has 0 amide bonds. The Balaban J connectivity index is 1.47. The highest BCUT2D eigenvalue weighted by Gasteiger charge is 2.16. The van der Waals surface area contributed by atoms with Gasteiger partial charge in [0.2, 0.25) is 0 Å². The van der Waals surface area contributed by atoms with E-state index in [9.17, 15) is 5.11 Å². The zero-order chi connectivity index (χ0) is 17.6. The predicted octanol–water partition coefficient (Wildman–Crippen LogP) is 3.35. The largest absolute Gasteiger partial charge is 0.497 e. The summed E-state index contributed by atoms with van der Waals surface area (Å²) in [4.78, 5) is 2.46. The summed E-state index contributed by atoms with van der Waals surface area (Å²) in [7, 11) is 1.70. The van der Waals surface area contributed by atoms with Crippen molar-refractivity contribution in [1.29, 1.82) is 0 Å². The maximum atomic E-state index is 9.56. The first-order valence-electron chi connectivity index (χ1n) is 9.37. The first kappa shape index (κ1) is 18.2. The number of ether oxygens (including phenoxy) is 1. The van der Waals surface area contributed by atoms with Crippen molar-refractivity contribution in [2.24, 2.45) is 0 Å². The van der Waals surface area contributed by atoms with Crippen LogP contribution in [0.1, 0.15) is 37.8 Å². The van der Waals surface area contributed by atoms with Gasteiger partial charge in [-0.25, -0.2) is 0 Å². The first-order valence-corrected chi connectivity index (χ1v) is 9.37. The summed E-state index contributed by atoms with van der Waals surface area (Å²) in [5.74, 6) is 0.900. The van der Waals surface area contributed by atoms with Crippen LogP contribution in [0.5, 0.6) is 5.75 Å². The van der Waals surface area contributed by atoms with Crippen LogP contribution in [-0.4, -0.2) is 49.4 Å². The molecule has 1 saturated heterocycles. The van der Waals surface area contributed by atoms with Gasteiger partial charge in [-0.15, -0.1) is 0 Å². The normalized spacial score (nSPS) is 17.7. The Labute approximate surface area is 150 Å². The average molecular weight is 342 g/mol. The number of benzene rings is 2. The van der Waals surface area contributed by atoms with Gasteiger partial charge < -0.3 is 20.1 Å². The lowest BCUT2D eigenvalue weighted by atomic mass is 10.0. The molecule has 4 heteroatoms. The molecule has 1 atom stereocenters. The topological polar surface area (TPSA) is 44.7 Å². The van der Waals surface area contributed by atoms with Crippen LogP contribution >= 0.6 is 0 Å². The number of nitrogens with one attached hydrogen (secondary N) is 1. The van der Waals surface area contributed by atoms with E-state index in [1.165, 1.54) is 16.3 Å². The molecule has 2 aromatic rings. The second-order valence-corrected chi connectivity index (χ2v) is 7.07. The molecule has 1 heterocycles. The van der Waals surface area contributed by atoms with E-state index in [1.54, 1.807) is 7.11 Å². The van der Waals surface area contributed by atoms with Crippen LogP contribution in [0.3, 0.4) is 0 Å². The predicted molar refractivity (Wildman–Crippen MR) is 103 cm³/mol. The zero-order valence-electron chi connectivity index (χ0n) is 15.4. The fourth-order valence-corrected chi connectivity index (χ4v) is 3.52. The third kappa shape index (κ3) is 4.94. The lowest BCUT2D eigenvalue weighted by molar-refractivity contribution is 0.0820. The van der Waals surface area contributed by atoms with Gasteiger partial charge in [0.1, 0.15) is 5.75 Å². The third-order valence-electron chi connectivity index (χ3n) is 5.23. The molecule has 0 saturated carbocycles. The highest BCUT2D eigenvalue weighted by Crippen LogP contribution is 2.24. The average Bonchev–Trinajstić information content (AvgIpc) is 2.65. The van der Waals surface area contributed by atoms with Gasteiger partial charge in [-0.05, 0) is 73.8 Å². The zero-order valence-corrected chi connectivity index (χ0v) is 15.4. The molecule has 0 bridgehead atoms. The quantitative estimate of drug-likeness (QED) is 0.758. The van der Waals surface area contributed by atoms with Gasteiger partial charge in [0, 0.05) is 19.1 Å². The lowest BCUT2D eigenvalue weighted by Crippen LogP contribution is -2.37. The van der Waals surface area contributed by atoms with Crippen molar-refractivity contribution < 1.29 is 9.84 Å². The van der Waals surface area contributed by atoms with E-state index in [2.05, 4.69) is 47.5 Å². The number of hydrogen-bond donors (Lipinski definition) is 2. The molecule has 0 aliphatic carbocycles. The van der Waals surface area contributed by atoms with Gasteiger partial charge >= 0.3 is 0 Å². The van der Waals surface area contributed by atoms with Crippen LogP contribution in [0.25, 0.3) is 10.8 Å². The highest BCUT2D eigenvalue weighted by atomic mass is 16.5. The van der Waals surface area contributed by atoms with Crippen LogP contribution < -0.4 is 10.1 Å².